The van der Waals surface area contributed by atoms with Crippen molar-refractivity contribution in [3.63, 3.8) is 0 Å². The lowest BCUT2D eigenvalue weighted by molar-refractivity contribution is 0.122. The zero-order chi connectivity index (χ0) is 19.8. The van der Waals surface area contributed by atoms with E-state index in [1.54, 1.807) is 17.4 Å². The average molecular weight is 411 g/mol. The smallest absolute Gasteiger partial charge is 0.187 e. The molecule has 0 amide bonds. The highest BCUT2D eigenvalue weighted by atomic mass is 32.1. The fraction of sp³-hybridized carbons (Fsp3) is 0.348. The number of nitrogens with zero attached hydrogens (tertiary/aromatic N) is 1. The number of hydrogen-bond donors (Lipinski definition) is 2. The minimum Gasteiger partial charge on any atom is -0.488 e. The third-order valence-corrected chi connectivity index (χ3v) is 6.70. The average Bonchev–Trinajstić information content (AvgIpc) is 3.09. The molecule has 2 aromatic carbocycles. The van der Waals surface area contributed by atoms with Crippen LogP contribution >= 0.6 is 11.3 Å². The Labute approximate surface area is 173 Å². The summed E-state index contributed by atoms with van der Waals surface area (Å²) in [5.74, 6) is 0.466. The van der Waals surface area contributed by atoms with E-state index in [1.807, 2.05) is 24.3 Å². The number of aryl methyl sites for hydroxylation is 1. The van der Waals surface area contributed by atoms with E-state index >= 15 is 0 Å². The predicted molar refractivity (Wildman–Crippen MR) is 113 cm³/mol. The molecule has 1 aromatic heterocycles. The molecule has 1 atom stereocenters. The molecule has 0 bridgehead atoms. The summed E-state index contributed by atoms with van der Waals surface area (Å²) in [6.07, 6.45) is 5.67. The molecule has 1 heterocycles. The number of para-hydroxylation sites is 1. The zero-order valence-corrected chi connectivity index (χ0v) is 16.8. The fourth-order valence-electron chi connectivity index (χ4n) is 3.87. The van der Waals surface area contributed by atoms with Gasteiger partial charge in [-0.2, -0.15) is 0 Å². The predicted octanol–water partition coefficient (Wildman–Crippen LogP) is 5.99. The molecule has 150 valence electrons. The summed E-state index contributed by atoms with van der Waals surface area (Å²) in [6.45, 7) is 0. The zero-order valence-electron chi connectivity index (χ0n) is 16.0. The Bertz CT molecular complexity index is 1030. The van der Waals surface area contributed by atoms with Crippen LogP contribution < -0.4 is 10.1 Å². The number of thiazole rings is 1. The van der Waals surface area contributed by atoms with Gasteiger partial charge in [-0.25, -0.2) is 9.37 Å². The van der Waals surface area contributed by atoms with Crippen molar-refractivity contribution in [3.8, 4) is 16.9 Å². The van der Waals surface area contributed by atoms with Gasteiger partial charge in [-0.05, 0) is 62.3 Å². The lowest BCUT2D eigenvalue weighted by Gasteiger charge is -2.29. The quantitative estimate of drug-likeness (QED) is 0.542. The largest absolute Gasteiger partial charge is 0.488 e. The third kappa shape index (κ3) is 3.74. The molecule has 6 heteroatoms. The van der Waals surface area contributed by atoms with Gasteiger partial charge in [0.15, 0.2) is 10.9 Å². The van der Waals surface area contributed by atoms with E-state index in [-0.39, 0.29) is 11.9 Å². The van der Waals surface area contributed by atoms with Gasteiger partial charge in [-0.1, -0.05) is 24.3 Å². The molecule has 0 spiro atoms. The van der Waals surface area contributed by atoms with Crippen molar-refractivity contribution in [1.29, 1.82) is 0 Å². The van der Waals surface area contributed by atoms with Crippen molar-refractivity contribution in [2.45, 2.75) is 50.7 Å². The highest BCUT2D eigenvalue weighted by molar-refractivity contribution is 7.15. The summed E-state index contributed by atoms with van der Waals surface area (Å²) in [5.41, 5.74) is 3.27. The van der Waals surface area contributed by atoms with E-state index in [1.165, 1.54) is 18.6 Å². The van der Waals surface area contributed by atoms with Gasteiger partial charge in [0.1, 0.15) is 5.82 Å². The van der Waals surface area contributed by atoms with Crippen LogP contribution in [0.25, 0.3) is 11.1 Å². The van der Waals surface area contributed by atoms with Crippen molar-refractivity contribution in [1.82, 2.24) is 4.98 Å². The maximum Gasteiger partial charge on any atom is 0.187 e. The highest BCUT2D eigenvalue weighted by Gasteiger charge is 2.25. The van der Waals surface area contributed by atoms with Gasteiger partial charge < -0.3 is 15.2 Å². The van der Waals surface area contributed by atoms with Gasteiger partial charge in [-0.3, -0.25) is 0 Å². The minimum absolute atomic E-state index is 0.191. The Morgan fingerprint density at radius 1 is 1.10 bits per heavy atom. The molecule has 2 aliphatic carbocycles. The Morgan fingerprint density at radius 2 is 1.97 bits per heavy atom. The van der Waals surface area contributed by atoms with E-state index in [9.17, 15) is 9.50 Å². The number of aliphatic hydroxyl groups excluding tert-OH is 1. The minimum atomic E-state index is -0.477. The van der Waals surface area contributed by atoms with Gasteiger partial charge in [0.2, 0.25) is 0 Å². The first-order valence-electron chi connectivity index (χ1n) is 10.2. The molecular weight excluding hydrogens is 387 g/mol. The SMILES string of the molecule is OC1CCCc2sc(Nc3cccc(-c4cccc(F)c4)c3OC3CCC3)nc21. The van der Waals surface area contributed by atoms with E-state index in [0.717, 1.165) is 70.4 Å². The summed E-state index contributed by atoms with van der Waals surface area (Å²) in [5, 5.41) is 14.4. The molecule has 2 N–H and O–H groups in total. The maximum atomic E-state index is 13.9. The second kappa shape index (κ2) is 7.76. The number of ether oxygens (including phenoxy) is 1. The number of fused-ring (bicyclic) bond motifs is 1. The molecule has 4 nitrogen and oxygen atoms in total. The molecule has 1 saturated carbocycles. The van der Waals surface area contributed by atoms with Crippen LogP contribution in [0.2, 0.25) is 0 Å². The maximum absolute atomic E-state index is 13.9. The number of halogens is 1. The summed E-state index contributed by atoms with van der Waals surface area (Å²) in [7, 11) is 0. The molecule has 29 heavy (non-hydrogen) atoms. The van der Waals surface area contributed by atoms with Crippen LogP contribution in [-0.2, 0) is 6.42 Å². The van der Waals surface area contributed by atoms with Crippen molar-refractivity contribution in [3.05, 3.63) is 58.9 Å². The Balaban J connectivity index is 1.52. The monoisotopic (exact) mass is 410 g/mol. The van der Waals surface area contributed by atoms with Crippen LogP contribution in [-0.4, -0.2) is 16.2 Å². The van der Waals surface area contributed by atoms with Crippen molar-refractivity contribution in [2.75, 3.05) is 5.32 Å². The molecule has 0 saturated heterocycles. The fourth-order valence-corrected chi connectivity index (χ4v) is 4.94. The van der Waals surface area contributed by atoms with Crippen LogP contribution in [0.4, 0.5) is 15.2 Å². The second-order valence-electron chi connectivity index (χ2n) is 7.72. The number of aromatic nitrogens is 1. The van der Waals surface area contributed by atoms with Gasteiger partial charge >= 0.3 is 0 Å². The molecule has 2 aliphatic rings. The molecule has 1 unspecified atom stereocenters. The molecule has 1 fully saturated rings. The van der Waals surface area contributed by atoms with Crippen LogP contribution in [0.5, 0.6) is 5.75 Å². The van der Waals surface area contributed by atoms with Gasteiger partial charge in [0.05, 0.1) is 23.6 Å². The standard InChI is InChI=1S/C23H23FN2O2S/c24-15-6-1-5-14(13-15)17-9-3-10-18(22(17)28-16-7-2-8-16)25-23-26-21-19(27)11-4-12-20(21)29-23/h1,3,5-6,9-10,13,16,19,27H,2,4,7-8,11-12H2,(H,25,26). The number of aliphatic hydroxyl groups is 1. The first-order chi connectivity index (χ1) is 14.2. The van der Waals surface area contributed by atoms with Crippen LogP contribution in [0, 0.1) is 5.82 Å². The number of hydrogen-bond acceptors (Lipinski definition) is 5. The van der Waals surface area contributed by atoms with Gasteiger partial charge in [0.25, 0.3) is 0 Å². The molecule has 0 radical (unpaired) electrons. The van der Waals surface area contributed by atoms with Crippen LogP contribution in [0.15, 0.2) is 42.5 Å². The molecule has 3 aromatic rings. The second-order valence-corrected chi connectivity index (χ2v) is 8.81. The van der Waals surface area contributed by atoms with Gasteiger partial charge in [0, 0.05) is 10.4 Å². The first-order valence-corrected chi connectivity index (χ1v) is 11.0. The molecule has 0 aliphatic heterocycles. The van der Waals surface area contributed by atoms with E-state index in [2.05, 4.69) is 10.3 Å². The van der Waals surface area contributed by atoms with Crippen molar-refractivity contribution < 1.29 is 14.2 Å². The van der Waals surface area contributed by atoms with E-state index in [4.69, 9.17) is 4.74 Å². The highest BCUT2D eigenvalue weighted by Crippen LogP contribution is 2.42. The van der Waals surface area contributed by atoms with Crippen molar-refractivity contribution >= 4 is 22.2 Å². The van der Waals surface area contributed by atoms with Crippen molar-refractivity contribution in [2.24, 2.45) is 0 Å². The summed E-state index contributed by atoms with van der Waals surface area (Å²) >= 11 is 1.59. The number of nitrogens with one attached hydrogen (secondary N) is 1. The van der Waals surface area contributed by atoms with Gasteiger partial charge in [-0.15, -0.1) is 11.3 Å². The Hall–Kier alpha value is -2.44. The lowest BCUT2D eigenvalue weighted by atomic mass is 9.95. The number of benzene rings is 2. The topological polar surface area (TPSA) is 54.4 Å². The molecular formula is C23H23FN2O2S. The number of anilines is 2. The normalized spacial score (nSPS) is 18.8. The van der Waals surface area contributed by atoms with E-state index < -0.39 is 6.10 Å². The van der Waals surface area contributed by atoms with Crippen LogP contribution in [0.1, 0.15) is 48.8 Å². The van der Waals surface area contributed by atoms with E-state index in [0.29, 0.717) is 0 Å². The summed E-state index contributed by atoms with van der Waals surface area (Å²) in [6, 6.07) is 12.5. The summed E-state index contributed by atoms with van der Waals surface area (Å²) < 4.78 is 20.2. The first kappa shape index (κ1) is 18.6. The number of rotatable bonds is 5. The molecule has 5 rings (SSSR count). The Morgan fingerprint density at radius 3 is 2.72 bits per heavy atom. The lowest BCUT2D eigenvalue weighted by Crippen LogP contribution is -2.25. The summed E-state index contributed by atoms with van der Waals surface area (Å²) in [4.78, 5) is 5.79. The third-order valence-electron chi connectivity index (χ3n) is 5.65. The Kier molecular flexibility index (Phi) is 4.97. The van der Waals surface area contributed by atoms with Crippen LogP contribution in [0.3, 0.4) is 0 Å².